The van der Waals surface area contributed by atoms with Crippen LogP contribution in [0.3, 0.4) is 0 Å². The minimum atomic E-state index is -3.78. The van der Waals surface area contributed by atoms with Crippen LogP contribution in [0.25, 0.3) is 0 Å². The van der Waals surface area contributed by atoms with Crippen molar-refractivity contribution in [3.63, 3.8) is 0 Å². The molecular weight excluding hydrogens is 402 g/mol. The van der Waals surface area contributed by atoms with E-state index in [1.807, 2.05) is 61.5 Å². The highest BCUT2D eigenvalue weighted by Gasteiger charge is 2.29. The largest absolute Gasteiger partial charge is 0.478 e. The first-order valence-electron chi connectivity index (χ1n) is 9.74. The van der Waals surface area contributed by atoms with E-state index in [4.69, 9.17) is 4.74 Å². The molecule has 0 aliphatic heterocycles. The molecule has 2 N–H and O–H groups in total. The van der Waals surface area contributed by atoms with Crippen molar-refractivity contribution >= 4 is 16.0 Å². The molecule has 0 radical (unpaired) electrons. The van der Waals surface area contributed by atoms with Crippen molar-refractivity contribution < 1.29 is 23.1 Å². The Morgan fingerprint density at radius 2 is 1.67 bits per heavy atom. The van der Waals surface area contributed by atoms with Gasteiger partial charge in [0.05, 0.1) is 4.91 Å². The molecule has 0 saturated carbocycles. The predicted molar refractivity (Wildman–Crippen MR) is 116 cm³/mol. The van der Waals surface area contributed by atoms with E-state index in [9.17, 15) is 18.3 Å². The Balaban J connectivity index is 1.59. The number of carboxylic acids is 1. The first-order valence-corrected chi connectivity index (χ1v) is 11.2. The third-order valence-electron chi connectivity index (χ3n) is 5.17. The molecule has 7 heteroatoms. The van der Waals surface area contributed by atoms with Gasteiger partial charge in [0.15, 0.2) is 0 Å². The number of nitrogens with one attached hydrogen (secondary N) is 1. The number of ether oxygens (including phenoxy) is 1. The van der Waals surface area contributed by atoms with Gasteiger partial charge in [0.25, 0.3) is 0 Å². The SMILES string of the molecule is CC1C=C(S(=O)(=O)NCCc2ccc(Oc3ccccc3)cc2)C=C(C(=O)O)C1C. The lowest BCUT2D eigenvalue weighted by Crippen LogP contribution is -2.29. The molecule has 0 bridgehead atoms. The maximum absolute atomic E-state index is 12.6. The van der Waals surface area contributed by atoms with Crippen LogP contribution in [0, 0.1) is 11.8 Å². The molecule has 2 unspecified atom stereocenters. The van der Waals surface area contributed by atoms with Crippen LogP contribution >= 0.6 is 0 Å². The molecule has 30 heavy (non-hydrogen) atoms. The summed E-state index contributed by atoms with van der Waals surface area (Å²) in [6, 6.07) is 16.9. The Morgan fingerprint density at radius 3 is 2.30 bits per heavy atom. The van der Waals surface area contributed by atoms with Gasteiger partial charge in [-0.3, -0.25) is 0 Å². The van der Waals surface area contributed by atoms with Gasteiger partial charge in [0.2, 0.25) is 10.0 Å². The Morgan fingerprint density at radius 1 is 1.03 bits per heavy atom. The van der Waals surface area contributed by atoms with Gasteiger partial charge in [-0.25, -0.2) is 17.9 Å². The van der Waals surface area contributed by atoms with Crippen molar-refractivity contribution in [3.8, 4) is 11.5 Å². The fraction of sp³-hybridized carbons (Fsp3) is 0.261. The van der Waals surface area contributed by atoms with Crippen LogP contribution < -0.4 is 9.46 Å². The summed E-state index contributed by atoms with van der Waals surface area (Å²) < 4.78 is 33.5. The molecule has 2 aromatic rings. The van der Waals surface area contributed by atoms with Crippen molar-refractivity contribution in [2.75, 3.05) is 6.54 Å². The van der Waals surface area contributed by atoms with Gasteiger partial charge in [-0.15, -0.1) is 0 Å². The summed E-state index contributed by atoms with van der Waals surface area (Å²) in [7, 11) is -3.78. The number of carbonyl (C=O) groups is 1. The lowest BCUT2D eigenvalue weighted by molar-refractivity contribution is -0.133. The standard InChI is InChI=1S/C23H25NO5S/c1-16-14-21(15-22(17(16)2)23(25)26)30(27,28)24-13-12-18-8-10-20(11-9-18)29-19-6-4-3-5-7-19/h3-11,14-17,24H,12-13H2,1-2H3,(H,25,26). The fourth-order valence-corrected chi connectivity index (χ4v) is 4.42. The van der Waals surface area contributed by atoms with Crippen LogP contribution in [-0.4, -0.2) is 26.0 Å². The fourth-order valence-electron chi connectivity index (χ4n) is 3.20. The van der Waals surface area contributed by atoms with Crippen molar-refractivity contribution in [2.45, 2.75) is 20.3 Å². The minimum Gasteiger partial charge on any atom is -0.478 e. The normalized spacial score (nSPS) is 19.0. The van der Waals surface area contributed by atoms with E-state index < -0.39 is 16.0 Å². The third kappa shape index (κ3) is 5.37. The Kier molecular flexibility index (Phi) is 6.74. The molecular formula is C23H25NO5S. The van der Waals surface area contributed by atoms with Gasteiger partial charge >= 0.3 is 5.97 Å². The van der Waals surface area contributed by atoms with Crippen LogP contribution in [0.4, 0.5) is 0 Å². The van der Waals surface area contributed by atoms with E-state index in [0.29, 0.717) is 12.2 Å². The highest BCUT2D eigenvalue weighted by atomic mass is 32.2. The van der Waals surface area contributed by atoms with Gasteiger partial charge < -0.3 is 9.84 Å². The molecule has 0 heterocycles. The number of aliphatic carboxylic acids is 1. The van der Waals surface area contributed by atoms with E-state index >= 15 is 0 Å². The van der Waals surface area contributed by atoms with Crippen LogP contribution in [-0.2, 0) is 21.2 Å². The summed E-state index contributed by atoms with van der Waals surface area (Å²) in [5.41, 5.74) is 1.07. The highest BCUT2D eigenvalue weighted by Crippen LogP contribution is 2.30. The second kappa shape index (κ2) is 9.28. The average Bonchev–Trinajstić information content (AvgIpc) is 2.71. The highest BCUT2D eigenvalue weighted by molar-refractivity contribution is 7.93. The number of hydrogen-bond donors (Lipinski definition) is 2. The molecule has 0 fully saturated rings. The van der Waals surface area contributed by atoms with Gasteiger partial charge in [0.1, 0.15) is 11.5 Å². The average molecular weight is 428 g/mol. The molecule has 2 atom stereocenters. The maximum Gasteiger partial charge on any atom is 0.331 e. The van der Waals surface area contributed by atoms with Crippen molar-refractivity contribution in [1.82, 2.24) is 4.72 Å². The van der Waals surface area contributed by atoms with Gasteiger partial charge in [-0.2, -0.15) is 0 Å². The first kappa shape index (κ1) is 21.8. The van der Waals surface area contributed by atoms with Gasteiger partial charge in [0, 0.05) is 12.1 Å². The number of para-hydroxylation sites is 1. The molecule has 2 aromatic carbocycles. The molecule has 1 aliphatic carbocycles. The lowest BCUT2D eigenvalue weighted by Gasteiger charge is -2.23. The summed E-state index contributed by atoms with van der Waals surface area (Å²) in [5.74, 6) is -0.0562. The van der Waals surface area contributed by atoms with Crippen molar-refractivity contribution in [3.05, 3.63) is 82.8 Å². The Hall–Kier alpha value is -2.90. The first-order chi connectivity index (χ1) is 14.3. The van der Waals surface area contributed by atoms with Crippen LogP contribution in [0.15, 0.2) is 77.2 Å². The molecule has 0 aromatic heterocycles. The number of rotatable bonds is 8. The van der Waals surface area contributed by atoms with Crippen molar-refractivity contribution in [1.29, 1.82) is 0 Å². The maximum atomic E-state index is 12.6. The monoisotopic (exact) mass is 427 g/mol. The van der Waals surface area contributed by atoms with Gasteiger partial charge in [-0.1, -0.05) is 50.3 Å². The molecule has 1 aliphatic rings. The predicted octanol–water partition coefficient (Wildman–Crippen LogP) is 4.12. The number of carboxylic acid groups (broad SMARTS) is 1. The lowest BCUT2D eigenvalue weighted by atomic mass is 9.85. The van der Waals surface area contributed by atoms with Crippen LogP contribution in [0.2, 0.25) is 0 Å². The second-order valence-corrected chi connectivity index (χ2v) is 9.10. The smallest absolute Gasteiger partial charge is 0.331 e. The zero-order valence-electron chi connectivity index (χ0n) is 16.9. The third-order valence-corrected chi connectivity index (χ3v) is 6.63. The molecule has 3 rings (SSSR count). The number of sulfonamides is 1. The van der Waals surface area contributed by atoms with E-state index in [1.54, 1.807) is 13.0 Å². The topological polar surface area (TPSA) is 92.7 Å². The zero-order valence-corrected chi connectivity index (χ0v) is 17.7. The Bertz CT molecular complexity index is 1060. The van der Waals surface area contributed by atoms with Gasteiger partial charge in [-0.05, 0) is 54.2 Å². The summed E-state index contributed by atoms with van der Waals surface area (Å²) in [5, 5.41) is 9.33. The molecule has 0 saturated heterocycles. The summed E-state index contributed by atoms with van der Waals surface area (Å²) in [6.45, 7) is 3.80. The summed E-state index contributed by atoms with van der Waals surface area (Å²) in [6.07, 6.45) is 3.36. The second-order valence-electron chi connectivity index (χ2n) is 7.33. The number of hydrogen-bond acceptors (Lipinski definition) is 4. The number of allylic oxidation sites excluding steroid dienone is 2. The molecule has 6 nitrogen and oxygen atoms in total. The van der Waals surface area contributed by atoms with E-state index in [1.165, 1.54) is 6.08 Å². The zero-order chi connectivity index (χ0) is 21.7. The Labute approximate surface area is 176 Å². The van der Waals surface area contributed by atoms with E-state index in [-0.39, 0.29) is 28.9 Å². The summed E-state index contributed by atoms with van der Waals surface area (Å²) in [4.78, 5) is 11.4. The van der Waals surface area contributed by atoms with Crippen molar-refractivity contribution in [2.24, 2.45) is 11.8 Å². The van der Waals surface area contributed by atoms with E-state index in [2.05, 4.69) is 4.72 Å². The minimum absolute atomic E-state index is 0.0112. The molecule has 0 amide bonds. The van der Waals surface area contributed by atoms with Crippen LogP contribution in [0.1, 0.15) is 19.4 Å². The molecule has 0 spiro atoms. The van der Waals surface area contributed by atoms with Crippen LogP contribution in [0.5, 0.6) is 11.5 Å². The molecule has 158 valence electrons. The summed E-state index contributed by atoms with van der Waals surface area (Å²) >= 11 is 0. The quantitative estimate of drug-likeness (QED) is 0.661. The van der Waals surface area contributed by atoms with E-state index in [0.717, 1.165) is 11.3 Å². The number of benzene rings is 2.